The molecule has 1 heterocycles. The summed E-state index contributed by atoms with van der Waals surface area (Å²) in [6.07, 6.45) is 0.839. The molecule has 2 fully saturated rings. The molecule has 1 aliphatic carbocycles. The highest BCUT2D eigenvalue weighted by atomic mass is 35.5. The van der Waals surface area contributed by atoms with E-state index in [2.05, 4.69) is 0 Å². The predicted octanol–water partition coefficient (Wildman–Crippen LogP) is 2.93. The van der Waals surface area contributed by atoms with Crippen LogP contribution in [0.15, 0.2) is 24.3 Å². The summed E-state index contributed by atoms with van der Waals surface area (Å²) < 4.78 is 11.1. The number of fused-ring (bicyclic) bond motifs is 1. The highest BCUT2D eigenvalue weighted by molar-refractivity contribution is 6.30. The van der Waals surface area contributed by atoms with E-state index in [9.17, 15) is 9.59 Å². The minimum atomic E-state index is -0.275. The van der Waals surface area contributed by atoms with E-state index in [-0.39, 0.29) is 36.1 Å². The van der Waals surface area contributed by atoms with Crippen LogP contribution in [0, 0.1) is 5.92 Å². The van der Waals surface area contributed by atoms with Crippen molar-refractivity contribution in [2.24, 2.45) is 5.92 Å². The van der Waals surface area contributed by atoms with Crippen LogP contribution >= 0.6 is 11.6 Å². The SMILES string of the molecule is CCN1C(=O)C2CC(OC)C(OC)CC2N(Cc2cccc(Cl)c2)C1=O. The molecule has 3 amide bonds. The van der Waals surface area contributed by atoms with Crippen LogP contribution in [0.3, 0.4) is 0 Å². The van der Waals surface area contributed by atoms with Gasteiger partial charge in [0.05, 0.1) is 18.1 Å². The van der Waals surface area contributed by atoms with Crippen LogP contribution in [0.4, 0.5) is 4.79 Å². The number of halogens is 1. The number of nitrogens with zero attached hydrogens (tertiary/aromatic N) is 2. The third kappa shape index (κ3) is 3.46. The number of urea groups is 1. The Morgan fingerprint density at radius 3 is 2.46 bits per heavy atom. The third-order valence-corrected chi connectivity index (χ3v) is 5.70. The summed E-state index contributed by atoms with van der Waals surface area (Å²) in [5.41, 5.74) is 0.942. The Kier molecular flexibility index (Phi) is 5.85. The van der Waals surface area contributed by atoms with Crippen LogP contribution in [0.25, 0.3) is 0 Å². The minimum absolute atomic E-state index is 0.110. The van der Waals surface area contributed by atoms with Crippen molar-refractivity contribution in [3.63, 3.8) is 0 Å². The van der Waals surface area contributed by atoms with Gasteiger partial charge in [0, 0.05) is 38.4 Å². The molecule has 1 aromatic carbocycles. The number of benzene rings is 1. The van der Waals surface area contributed by atoms with Gasteiger partial charge in [-0.25, -0.2) is 4.79 Å². The Hall–Kier alpha value is -1.63. The minimum Gasteiger partial charge on any atom is -0.379 e. The van der Waals surface area contributed by atoms with Gasteiger partial charge in [-0.3, -0.25) is 9.69 Å². The standard InChI is InChI=1S/C19H25ClN2O4/c1-4-21-18(23)14-9-16(25-2)17(26-3)10-15(14)22(19(21)24)11-12-6-5-7-13(20)8-12/h5-8,14-17H,4,9-11H2,1-3H3. The summed E-state index contributed by atoms with van der Waals surface area (Å²) in [6, 6.07) is 7.02. The van der Waals surface area contributed by atoms with Gasteiger partial charge in [-0.1, -0.05) is 23.7 Å². The molecular weight excluding hydrogens is 356 g/mol. The van der Waals surface area contributed by atoms with Crippen LogP contribution in [-0.4, -0.2) is 60.8 Å². The summed E-state index contributed by atoms with van der Waals surface area (Å²) in [5.74, 6) is -0.385. The molecule has 26 heavy (non-hydrogen) atoms. The van der Waals surface area contributed by atoms with Crippen molar-refractivity contribution in [1.82, 2.24) is 9.80 Å². The molecular formula is C19H25ClN2O4. The molecule has 4 atom stereocenters. The monoisotopic (exact) mass is 380 g/mol. The molecule has 0 bridgehead atoms. The van der Waals surface area contributed by atoms with Gasteiger partial charge in [-0.15, -0.1) is 0 Å². The zero-order valence-corrected chi connectivity index (χ0v) is 16.1. The van der Waals surface area contributed by atoms with Gasteiger partial charge in [0.2, 0.25) is 5.91 Å². The molecule has 1 saturated heterocycles. The average molecular weight is 381 g/mol. The number of carbonyl (C=O) groups is 2. The van der Waals surface area contributed by atoms with Crippen LogP contribution < -0.4 is 0 Å². The first kappa shape index (κ1) is 19.1. The first-order valence-corrected chi connectivity index (χ1v) is 9.29. The van der Waals surface area contributed by atoms with Crippen molar-refractivity contribution in [2.45, 2.75) is 44.6 Å². The Morgan fingerprint density at radius 2 is 1.85 bits per heavy atom. The first-order valence-electron chi connectivity index (χ1n) is 8.92. The number of imide groups is 1. The Bertz CT molecular complexity index is 683. The number of amides is 3. The van der Waals surface area contributed by atoms with E-state index >= 15 is 0 Å². The van der Waals surface area contributed by atoms with Crippen LogP contribution in [0.2, 0.25) is 5.02 Å². The summed E-state index contributed by atoms with van der Waals surface area (Å²) in [5, 5.41) is 0.629. The molecule has 7 heteroatoms. The van der Waals surface area contributed by atoms with E-state index < -0.39 is 0 Å². The summed E-state index contributed by atoms with van der Waals surface area (Å²) in [6.45, 7) is 2.60. The van der Waals surface area contributed by atoms with Gasteiger partial charge in [-0.05, 0) is 37.5 Å². The maximum Gasteiger partial charge on any atom is 0.327 e. The average Bonchev–Trinajstić information content (AvgIpc) is 2.64. The van der Waals surface area contributed by atoms with Crippen molar-refractivity contribution in [1.29, 1.82) is 0 Å². The summed E-state index contributed by atoms with van der Waals surface area (Å²) >= 11 is 6.09. The van der Waals surface area contributed by atoms with E-state index in [1.165, 1.54) is 4.90 Å². The lowest BCUT2D eigenvalue weighted by Gasteiger charge is -2.49. The largest absolute Gasteiger partial charge is 0.379 e. The van der Waals surface area contributed by atoms with Gasteiger partial charge < -0.3 is 14.4 Å². The van der Waals surface area contributed by atoms with Crippen molar-refractivity contribution in [3.8, 4) is 0 Å². The smallest absolute Gasteiger partial charge is 0.327 e. The molecule has 0 N–H and O–H groups in total. The molecule has 4 unspecified atom stereocenters. The van der Waals surface area contributed by atoms with Crippen molar-refractivity contribution < 1.29 is 19.1 Å². The number of methoxy groups -OCH3 is 2. The van der Waals surface area contributed by atoms with E-state index in [0.29, 0.717) is 31.0 Å². The molecule has 0 radical (unpaired) electrons. The number of hydrogen-bond donors (Lipinski definition) is 0. The zero-order valence-electron chi connectivity index (χ0n) is 15.4. The zero-order chi connectivity index (χ0) is 18.8. The molecule has 1 saturated carbocycles. The lowest BCUT2D eigenvalue weighted by molar-refractivity contribution is -0.151. The van der Waals surface area contributed by atoms with Gasteiger partial charge in [0.1, 0.15) is 0 Å². The quantitative estimate of drug-likeness (QED) is 0.788. The van der Waals surface area contributed by atoms with E-state index in [1.807, 2.05) is 25.1 Å². The second kappa shape index (κ2) is 7.94. The maximum atomic E-state index is 13.0. The fourth-order valence-electron chi connectivity index (χ4n) is 4.12. The van der Waals surface area contributed by atoms with Gasteiger partial charge in [0.25, 0.3) is 0 Å². The predicted molar refractivity (Wildman–Crippen MR) is 97.9 cm³/mol. The molecule has 1 aliphatic heterocycles. The van der Waals surface area contributed by atoms with Gasteiger partial charge in [0.15, 0.2) is 0 Å². The molecule has 1 aromatic rings. The highest BCUT2D eigenvalue weighted by Crippen LogP contribution is 2.37. The van der Waals surface area contributed by atoms with Crippen molar-refractivity contribution in [3.05, 3.63) is 34.9 Å². The van der Waals surface area contributed by atoms with E-state index in [0.717, 1.165) is 5.56 Å². The third-order valence-electron chi connectivity index (χ3n) is 5.46. The maximum absolute atomic E-state index is 13.0. The van der Waals surface area contributed by atoms with Crippen LogP contribution in [0.1, 0.15) is 25.3 Å². The van der Waals surface area contributed by atoms with Crippen LogP contribution in [0.5, 0.6) is 0 Å². The number of hydrogen-bond acceptors (Lipinski definition) is 4. The van der Waals surface area contributed by atoms with Crippen molar-refractivity contribution >= 4 is 23.5 Å². The Labute approximate surface area is 159 Å². The van der Waals surface area contributed by atoms with E-state index in [1.54, 1.807) is 25.2 Å². The van der Waals surface area contributed by atoms with Gasteiger partial charge >= 0.3 is 6.03 Å². The second-order valence-electron chi connectivity index (χ2n) is 6.82. The Morgan fingerprint density at radius 1 is 1.15 bits per heavy atom. The van der Waals surface area contributed by atoms with Gasteiger partial charge in [-0.2, -0.15) is 0 Å². The second-order valence-corrected chi connectivity index (χ2v) is 7.25. The fraction of sp³-hybridized carbons (Fsp3) is 0.579. The lowest BCUT2D eigenvalue weighted by Crippen LogP contribution is -2.65. The molecule has 3 rings (SSSR count). The topological polar surface area (TPSA) is 59.1 Å². The summed E-state index contributed by atoms with van der Waals surface area (Å²) in [7, 11) is 3.28. The Balaban J connectivity index is 1.92. The van der Waals surface area contributed by atoms with Crippen LogP contribution in [-0.2, 0) is 20.8 Å². The molecule has 2 aliphatic rings. The molecule has 142 valence electrons. The molecule has 0 spiro atoms. The van der Waals surface area contributed by atoms with Crippen molar-refractivity contribution in [2.75, 3.05) is 20.8 Å². The molecule has 6 nitrogen and oxygen atoms in total. The normalized spacial score (nSPS) is 29.1. The number of ether oxygens (including phenoxy) is 2. The highest BCUT2D eigenvalue weighted by Gasteiger charge is 2.51. The lowest BCUT2D eigenvalue weighted by atomic mass is 9.78. The number of rotatable bonds is 5. The van der Waals surface area contributed by atoms with E-state index in [4.69, 9.17) is 21.1 Å². The first-order chi connectivity index (χ1) is 12.5. The number of carbonyl (C=O) groups excluding carboxylic acids is 2. The summed E-state index contributed by atoms with van der Waals surface area (Å²) in [4.78, 5) is 29.0. The fourth-order valence-corrected chi connectivity index (χ4v) is 4.33. The molecule has 0 aromatic heterocycles.